The second kappa shape index (κ2) is 8.84. The van der Waals surface area contributed by atoms with E-state index in [1.807, 2.05) is 23.1 Å². The summed E-state index contributed by atoms with van der Waals surface area (Å²) in [7, 11) is 3.20. The van der Waals surface area contributed by atoms with E-state index in [0.29, 0.717) is 44.1 Å². The number of amides is 2. The molecule has 7 nitrogen and oxygen atoms in total. The summed E-state index contributed by atoms with van der Waals surface area (Å²) in [5.74, 6) is 1.38. The van der Waals surface area contributed by atoms with Crippen LogP contribution in [0.15, 0.2) is 18.2 Å². The third-order valence-electron chi connectivity index (χ3n) is 6.07. The van der Waals surface area contributed by atoms with Crippen LogP contribution in [0.25, 0.3) is 0 Å². The molecule has 0 bridgehead atoms. The predicted octanol–water partition coefficient (Wildman–Crippen LogP) is 2.41. The highest BCUT2D eigenvalue weighted by atomic mass is 16.5. The van der Waals surface area contributed by atoms with Crippen molar-refractivity contribution in [2.24, 2.45) is 5.41 Å². The lowest BCUT2D eigenvalue weighted by Gasteiger charge is -2.39. The van der Waals surface area contributed by atoms with Crippen LogP contribution in [0.2, 0.25) is 0 Å². The van der Waals surface area contributed by atoms with Crippen molar-refractivity contribution in [2.45, 2.75) is 45.6 Å². The van der Waals surface area contributed by atoms with Gasteiger partial charge in [0.15, 0.2) is 11.5 Å². The number of carbonyl (C=O) groups is 3. The van der Waals surface area contributed by atoms with Crippen LogP contribution in [0.3, 0.4) is 0 Å². The molecule has 3 rings (SSSR count). The number of Topliss-reactive ketones (excluding diaryl/α,β-unsaturated/α-hetero) is 1. The van der Waals surface area contributed by atoms with Crippen molar-refractivity contribution < 1.29 is 23.9 Å². The summed E-state index contributed by atoms with van der Waals surface area (Å²) in [5.41, 5.74) is 0.403. The Hall–Kier alpha value is -2.57. The number of likely N-dealkylation sites (tertiary alicyclic amines) is 2. The van der Waals surface area contributed by atoms with Gasteiger partial charge in [-0.3, -0.25) is 9.59 Å². The molecule has 0 N–H and O–H groups in total. The summed E-state index contributed by atoms with van der Waals surface area (Å²) in [6, 6.07) is 5.68. The number of ether oxygens (including phenoxy) is 2. The fourth-order valence-corrected chi connectivity index (χ4v) is 4.49. The van der Waals surface area contributed by atoms with Crippen LogP contribution in [-0.4, -0.2) is 61.3 Å². The molecule has 1 atom stereocenters. The van der Waals surface area contributed by atoms with Crippen LogP contribution in [0.1, 0.15) is 44.6 Å². The van der Waals surface area contributed by atoms with Gasteiger partial charge in [-0.05, 0) is 32.3 Å². The van der Waals surface area contributed by atoms with Crippen LogP contribution in [-0.2, 0) is 20.9 Å². The van der Waals surface area contributed by atoms with Crippen molar-refractivity contribution in [2.75, 3.05) is 33.9 Å². The quantitative estimate of drug-likeness (QED) is 0.700. The molecule has 0 aliphatic carbocycles. The minimum atomic E-state index is -0.504. The molecule has 0 saturated carbocycles. The van der Waals surface area contributed by atoms with Crippen LogP contribution in [0, 0.1) is 5.41 Å². The smallest absolute Gasteiger partial charge is 0.230 e. The Morgan fingerprint density at radius 3 is 2.59 bits per heavy atom. The molecule has 7 heteroatoms. The third kappa shape index (κ3) is 4.38. The number of hydrogen-bond acceptors (Lipinski definition) is 5. The van der Waals surface area contributed by atoms with Crippen molar-refractivity contribution >= 4 is 17.6 Å². The van der Waals surface area contributed by atoms with Crippen molar-refractivity contribution in [3.8, 4) is 11.5 Å². The van der Waals surface area contributed by atoms with Gasteiger partial charge in [-0.15, -0.1) is 0 Å². The average Bonchev–Trinajstić information content (AvgIpc) is 3.14. The Morgan fingerprint density at radius 1 is 1.10 bits per heavy atom. The zero-order valence-corrected chi connectivity index (χ0v) is 17.5. The van der Waals surface area contributed by atoms with Crippen LogP contribution in [0.4, 0.5) is 0 Å². The van der Waals surface area contributed by atoms with E-state index in [1.165, 1.54) is 6.92 Å². The van der Waals surface area contributed by atoms with Crippen LogP contribution in [0.5, 0.6) is 11.5 Å². The summed E-state index contributed by atoms with van der Waals surface area (Å²) < 4.78 is 10.9. The first-order valence-electron chi connectivity index (χ1n) is 10.2. The van der Waals surface area contributed by atoms with Crippen LogP contribution < -0.4 is 9.47 Å². The molecule has 1 aromatic rings. The molecule has 2 fully saturated rings. The van der Waals surface area contributed by atoms with Crippen molar-refractivity contribution in [1.29, 1.82) is 0 Å². The molecule has 0 radical (unpaired) electrons. The fraction of sp³-hybridized carbons (Fsp3) is 0.591. The van der Waals surface area contributed by atoms with Gasteiger partial charge in [0, 0.05) is 44.6 Å². The van der Waals surface area contributed by atoms with Crippen molar-refractivity contribution in [3.63, 3.8) is 0 Å². The van der Waals surface area contributed by atoms with E-state index >= 15 is 0 Å². The molecule has 2 heterocycles. The molecule has 29 heavy (non-hydrogen) atoms. The van der Waals surface area contributed by atoms with Gasteiger partial charge in [0.25, 0.3) is 0 Å². The summed E-state index contributed by atoms with van der Waals surface area (Å²) >= 11 is 0. The molecule has 1 spiro atoms. The molecule has 2 aliphatic rings. The number of methoxy groups -OCH3 is 2. The zero-order valence-electron chi connectivity index (χ0n) is 17.5. The monoisotopic (exact) mass is 402 g/mol. The van der Waals surface area contributed by atoms with Gasteiger partial charge < -0.3 is 24.1 Å². The minimum absolute atomic E-state index is 0.0133. The van der Waals surface area contributed by atoms with E-state index in [9.17, 15) is 14.4 Å². The molecular weight excluding hydrogens is 372 g/mol. The lowest BCUT2D eigenvalue weighted by Crippen LogP contribution is -2.50. The molecule has 2 saturated heterocycles. The van der Waals surface area contributed by atoms with E-state index in [-0.39, 0.29) is 30.4 Å². The summed E-state index contributed by atoms with van der Waals surface area (Å²) in [5, 5.41) is 0. The fourth-order valence-electron chi connectivity index (χ4n) is 4.49. The average molecular weight is 402 g/mol. The zero-order chi connectivity index (χ0) is 21.0. The Kier molecular flexibility index (Phi) is 6.45. The number of nitrogens with zero attached hydrogens (tertiary/aromatic N) is 2. The Balaban J connectivity index is 1.71. The number of piperidine rings is 1. The predicted molar refractivity (Wildman–Crippen MR) is 108 cm³/mol. The van der Waals surface area contributed by atoms with E-state index in [0.717, 1.165) is 18.4 Å². The first kappa shape index (κ1) is 21.1. The maximum Gasteiger partial charge on any atom is 0.230 e. The van der Waals surface area contributed by atoms with Gasteiger partial charge in [-0.2, -0.15) is 0 Å². The lowest BCUT2D eigenvalue weighted by molar-refractivity contribution is -0.147. The number of para-hydroxylation sites is 1. The first-order chi connectivity index (χ1) is 13.9. The van der Waals surface area contributed by atoms with Gasteiger partial charge in [-0.25, -0.2) is 0 Å². The topological polar surface area (TPSA) is 76.2 Å². The molecule has 158 valence electrons. The number of benzene rings is 1. The Bertz CT molecular complexity index is 793. The van der Waals surface area contributed by atoms with Gasteiger partial charge in [0.05, 0.1) is 19.6 Å². The highest BCUT2D eigenvalue weighted by Gasteiger charge is 2.49. The van der Waals surface area contributed by atoms with Crippen molar-refractivity contribution in [1.82, 2.24) is 9.80 Å². The molecular formula is C22H30N2O5. The summed E-state index contributed by atoms with van der Waals surface area (Å²) in [4.78, 5) is 40.6. The van der Waals surface area contributed by atoms with E-state index in [4.69, 9.17) is 9.47 Å². The first-order valence-corrected chi connectivity index (χ1v) is 10.2. The largest absolute Gasteiger partial charge is 0.493 e. The second-order valence-electron chi connectivity index (χ2n) is 8.03. The highest BCUT2D eigenvalue weighted by molar-refractivity contribution is 5.87. The SMILES string of the molecule is COc1cccc(CN2CCC[C@@]3(CCN(C(=O)CCC(C)=O)C3)C2=O)c1OC. The minimum Gasteiger partial charge on any atom is -0.493 e. The van der Waals surface area contributed by atoms with Crippen molar-refractivity contribution in [3.05, 3.63) is 23.8 Å². The van der Waals surface area contributed by atoms with Crippen LogP contribution >= 0.6 is 0 Å². The normalized spacial score (nSPS) is 21.6. The van der Waals surface area contributed by atoms with E-state index in [1.54, 1.807) is 19.1 Å². The maximum absolute atomic E-state index is 13.4. The number of ketones is 1. The highest BCUT2D eigenvalue weighted by Crippen LogP contribution is 2.41. The summed E-state index contributed by atoms with van der Waals surface area (Å²) in [6.07, 6.45) is 2.88. The molecule has 1 aromatic carbocycles. The Labute approximate surface area is 171 Å². The van der Waals surface area contributed by atoms with E-state index < -0.39 is 5.41 Å². The molecule has 2 amide bonds. The van der Waals surface area contributed by atoms with E-state index in [2.05, 4.69) is 0 Å². The number of hydrogen-bond donors (Lipinski definition) is 0. The molecule has 2 aliphatic heterocycles. The standard InChI is InChI=1S/C22H30N2O5/c1-16(25)8-9-19(26)24-13-11-22(15-24)10-5-12-23(21(22)27)14-17-6-4-7-18(28-2)20(17)29-3/h4,6-7H,5,8-15H2,1-3H3/t22-/m0/s1. The molecule has 0 unspecified atom stereocenters. The third-order valence-corrected chi connectivity index (χ3v) is 6.07. The Morgan fingerprint density at radius 2 is 1.90 bits per heavy atom. The molecule has 0 aromatic heterocycles. The number of rotatable bonds is 7. The van der Waals surface area contributed by atoms with Gasteiger partial charge >= 0.3 is 0 Å². The van der Waals surface area contributed by atoms with Gasteiger partial charge in [-0.1, -0.05) is 12.1 Å². The van der Waals surface area contributed by atoms with Gasteiger partial charge in [0.2, 0.25) is 11.8 Å². The lowest BCUT2D eigenvalue weighted by atomic mass is 9.78. The maximum atomic E-state index is 13.4. The number of carbonyl (C=O) groups excluding carboxylic acids is 3. The second-order valence-corrected chi connectivity index (χ2v) is 8.03. The summed E-state index contributed by atoms with van der Waals surface area (Å²) in [6.45, 7) is 3.68. The van der Waals surface area contributed by atoms with Gasteiger partial charge in [0.1, 0.15) is 5.78 Å².